The first-order chi connectivity index (χ1) is 9.43. The van der Waals surface area contributed by atoms with Gasteiger partial charge in [-0.2, -0.15) is 0 Å². The molecule has 20 heavy (non-hydrogen) atoms. The number of hydrogen-bond donors (Lipinski definition) is 1. The number of rotatable bonds is 3. The summed E-state index contributed by atoms with van der Waals surface area (Å²) in [6.07, 6.45) is 0. The van der Waals surface area contributed by atoms with E-state index < -0.39 is 0 Å². The minimum Gasteiger partial charge on any atom is -0.309 e. The smallest absolute Gasteiger partial charge is 0.0588 e. The van der Waals surface area contributed by atoms with Crippen molar-refractivity contribution in [2.75, 3.05) is 7.05 Å². The third-order valence-electron chi connectivity index (χ3n) is 3.42. The number of nitrogens with one attached hydrogen (secondary N) is 1. The van der Waals surface area contributed by atoms with Gasteiger partial charge in [-0.3, -0.25) is 0 Å². The van der Waals surface area contributed by atoms with Gasteiger partial charge in [0.25, 0.3) is 0 Å². The molecule has 0 aliphatic heterocycles. The van der Waals surface area contributed by atoms with Crippen LogP contribution < -0.4 is 5.32 Å². The molecule has 106 valence electrons. The maximum Gasteiger partial charge on any atom is 0.0588 e. The molecule has 1 unspecified atom stereocenters. The van der Waals surface area contributed by atoms with Crippen molar-refractivity contribution in [3.8, 4) is 0 Å². The van der Waals surface area contributed by atoms with E-state index in [1.807, 2.05) is 38.2 Å². The van der Waals surface area contributed by atoms with Gasteiger partial charge in [-0.1, -0.05) is 51.3 Å². The van der Waals surface area contributed by atoms with E-state index >= 15 is 0 Å². The summed E-state index contributed by atoms with van der Waals surface area (Å²) in [5.74, 6) is 0. The third-order valence-corrected chi connectivity index (χ3v) is 4.75. The van der Waals surface area contributed by atoms with Crippen molar-refractivity contribution < 1.29 is 0 Å². The molecule has 0 radical (unpaired) electrons. The molecule has 0 spiro atoms. The van der Waals surface area contributed by atoms with Crippen molar-refractivity contribution >= 4 is 39.1 Å². The van der Waals surface area contributed by atoms with Crippen LogP contribution >= 0.6 is 39.1 Å². The second kappa shape index (κ2) is 6.48. The predicted octanol–water partition coefficient (Wildman–Crippen LogP) is 5.68. The molecule has 2 aromatic carbocycles. The quantitative estimate of drug-likeness (QED) is 0.730. The average Bonchev–Trinajstić information content (AvgIpc) is 2.38. The number of hydrogen-bond acceptors (Lipinski definition) is 1. The summed E-state index contributed by atoms with van der Waals surface area (Å²) < 4.78 is 0.997. The van der Waals surface area contributed by atoms with Crippen LogP contribution in [-0.4, -0.2) is 7.05 Å². The Kier molecular flexibility index (Phi) is 5.14. The van der Waals surface area contributed by atoms with E-state index in [-0.39, 0.29) is 6.04 Å². The van der Waals surface area contributed by atoms with Crippen LogP contribution in [0.25, 0.3) is 0 Å². The summed E-state index contributed by atoms with van der Waals surface area (Å²) in [6.45, 7) is 4.10. The van der Waals surface area contributed by atoms with Gasteiger partial charge in [-0.15, -0.1) is 0 Å². The Hall–Kier alpha value is -0.540. The molecule has 0 fully saturated rings. The van der Waals surface area contributed by atoms with Crippen LogP contribution in [0.3, 0.4) is 0 Å². The third kappa shape index (κ3) is 3.20. The topological polar surface area (TPSA) is 12.0 Å². The Labute approximate surface area is 138 Å². The zero-order valence-corrected chi connectivity index (χ0v) is 14.7. The SMILES string of the molecule is CNC(c1cc(C)c(Cl)cc1C)c1ccc(Cl)cc1Br. The highest BCUT2D eigenvalue weighted by Gasteiger charge is 2.18. The van der Waals surface area contributed by atoms with Crippen LogP contribution in [0.1, 0.15) is 28.3 Å². The van der Waals surface area contributed by atoms with E-state index in [9.17, 15) is 0 Å². The Morgan fingerprint density at radius 2 is 1.70 bits per heavy atom. The van der Waals surface area contributed by atoms with E-state index in [0.717, 1.165) is 25.6 Å². The van der Waals surface area contributed by atoms with Crippen molar-refractivity contribution in [3.63, 3.8) is 0 Å². The highest BCUT2D eigenvalue weighted by molar-refractivity contribution is 9.10. The molecular weight excluding hydrogens is 357 g/mol. The van der Waals surface area contributed by atoms with E-state index in [1.54, 1.807) is 0 Å². The Balaban J connectivity index is 2.55. The second-order valence-electron chi connectivity index (χ2n) is 4.85. The Morgan fingerprint density at radius 3 is 2.30 bits per heavy atom. The molecule has 2 rings (SSSR count). The zero-order chi connectivity index (χ0) is 14.9. The predicted molar refractivity (Wildman–Crippen MR) is 91.0 cm³/mol. The van der Waals surface area contributed by atoms with Crippen molar-refractivity contribution in [2.24, 2.45) is 0 Å². The van der Waals surface area contributed by atoms with E-state index in [0.29, 0.717) is 0 Å². The Morgan fingerprint density at radius 1 is 1.00 bits per heavy atom. The van der Waals surface area contributed by atoms with Crippen LogP contribution in [-0.2, 0) is 0 Å². The molecule has 0 amide bonds. The second-order valence-corrected chi connectivity index (χ2v) is 6.54. The molecule has 1 N–H and O–H groups in total. The maximum atomic E-state index is 6.18. The number of halogens is 3. The first kappa shape index (κ1) is 15.8. The fourth-order valence-electron chi connectivity index (χ4n) is 2.33. The monoisotopic (exact) mass is 371 g/mol. The minimum absolute atomic E-state index is 0.0950. The van der Waals surface area contributed by atoms with Crippen LogP contribution in [0.15, 0.2) is 34.8 Å². The molecule has 0 aliphatic rings. The summed E-state index contributed by atoms with van der Waals surface area (Å²) in [5, 5.41) is 4.89. The maximum absolute atomic E-state index is 6.18. The average molecular weight is 373 g/mol. The standard InChI is InChI=1S/C16H16BrCl2N/c1-9-7-15(19)10(2)6-13(9)16(20-3)12-5-4-11(18)8-14(12)17/h4-8,16,20H,1-3H3. The lowest BCUT2D eigenvalue weighted by molar-refractivity contribution is 0.684. The largest absolute Gasteiger partial charge is 0.309 e. The van der Waals surface area contributed by atoms with E-state index in [1.165, 1.54) is 11.1 Å². The molecule has 0 saturated carbocycles. The molecule has 0 heterocycles. The van der Waals surface area contributed by atoms with Gasteiger partial charge >= 0.3 is 0 Å². The summed E-state index contributed by atoms with van der Waals surface area (Å²) in [7, 11) is 1.95. The van der Waals surface area contributed by atoms with Gasteiger partial charge in [0.1, 0.15) is 0 Å². The highest BCUT2D eigenvalue weighted by Crippen LogP contribution is 2.33. The van der Waals surface area contributed by atoms with Crippen LogP contribution in [0, 0.1) is 13.8 Å². The van der Waals surface area contributed by atoms with Crippen molar-refractivity contribution in [1.29, 1.82) is 0 Å². The normalized spacial score (nSPS) is 12.5. The van der Waals surface area contributed by atoms with Crippen molar-refractivity contribution in [3.05, 3.63) is 67.1 Å². The lowest BCUT2D eigenvalue weighted by Crippen LogP contribution is -2.19. The fraction of sp³-hybridized carbons (Fsp3) is 0.250. The van der Waals surface area contributed by atoms with Crippen LogP contribution in [0.4, 0.5) is 0 Å². The van der Waals surface area contributed by atoms with Gasteiger partial charge in [0.15, 0.2) is 0 Å². The van der Waals surface area contributed by atoms with Crippen molar-refractivity contribution in [2.45, 2.75) is 19.9 Å². The molecule has 0 aliphatic carbocycles. The molecule has 0 aromatic heterocycles. The summed E-state index contributed by atoms with van der Waals surface area (Å²) in [6, 6.07) is 10.1. The molecule has 1 nitrogen and oxygen atoms in total. The summed E-state index contributed by atoms with van der Waals surface area (Å²) in [5.41, 5.74) is 4.62. The lowest BCUT2D eigenvalue weighted by atomic mass is 9.93. The lowest BCUT2D eigenvalue weighted by Gasteiger charge is -2.22. The van der Waals surface area contributed by atoms with Crippen LogP contribution in [0.2, 0.25) is 10.0 Å². The fourth-order valence-corrected chi connectivity index (χ4v) is 3.46. The Bertz CT molecular complexity index is 641. The van der Waals surface area contributed by atoms with Gasteiger partial charge in [0, 0.05) is 14.5 Å². The first-order valence-electron chi connectivity index (χ1n) is 6.33. The van der Waals surface area contributed by atoms with E-state index in [4.69, 9.17) is 23.2 Å². The zero-order valence-electron chi connectivity index (χ0n) is 11.6. The summed E-state index contributed by atoms with van der Waals surface area (Å²) >= 11 is 15.8. The minimum atomic E-state index is 0.0950. The summed E-state index contributed by atoms with van der Waals surface area (Å²) in [4.78, 5) is 0. The van der Waals surface area contributed by atoms with Gasteiger partial charge in [0.2, 0.25) is 0 Å². The number of benzene rings is 2. The first-order valence-corrected chi connectivity index (χ1v) is 7.87. The van der Waals surface area contributed by atoms with Crippen LogP contribution in [0.5, 0.6) is 0 Å². The molecule has 4 heteroatoms. The van der Waals surface area contributed by atoms with Gasteiger partial charge in [0.05, 0.1) is 6.04 Å². The van der Waals surface area contributed by atoms with Crippen molar-refractivity contribution in [1.82, 2.24) is 5.32 Å². The molecule has 1 atom stereocenters. The highest BCUT2D eigenvalue weighted by atomic mass is 79.9. The van der Waals surface area contributed by atoms with E-state index in [2.05, 4.69) is 34.2 Å². The van der Waals surface area contributed by atoms with Gasteiger partial charge in [-0.25, -0.2) is 0 Å². The molecule has 0 bridgehead atoms. The molecular formula is C16H16BrCl2N. The van der Waals surface area contributed by atoms with Gasteiger partial charge in [-0.05, 0) is 61.3 Å². The molecule has 0 saturated heterocycles. The number of aryl methyl sites for hydroxylation is 2. The molecule has 2 aromatic rings. The van der Waals surface area contributed by atoms with Gasteiger partial charge < -0.3 is 5.32 Å².